The number of aliphatic carboxylic acids is 1. The number of carbonyl (C=O) groups is 1. The molecular weight excluding hydrogens is 575 g/mol. The first-order valence-corrected chi connectivity index (χ1v) is 14.4. The lowest BCUT2D eigenvalue weighted by Crippen LogP contribution is -2.21. The van der Waals surface area contributed by atoms with Gasteiger partial charge in [0, 0.05) is 33.3 Å². The van der Waals surface area contributed by atoms with Crippen LogP contribution in [-0.2, 0) is 14.8 Å². The lowest BCUT2D eigenvalue weighted by molar-refractivity contribution is -0.192. The van der Waals surface area contributed by atoms with Crippen LogP contribution in [0.4, 0.5) is 18.9 Å². The van der Waals surface area contributed by atoms with Gasteiger partial charge in [-0.3, -0.25) is 9.71 Å². The van der Waals surface area contributed by atoms with Gasteiger partial charge in [-0.2, -0.15) is 13.2 Å². The van der Waals surface area contributed by atoms with Gasteiger partial charge in [-0.15, -0.1) is 11.3 Å². The molecular formula is C29H24F3N3O4S2. The number of rotatable bonds is 5. The molecule has 0 aliphatic rings. The molecule has 0 saturated heterocycles. The highest BCUT2D eigenvalue weighted by Crippen LogP contribution is 2.42. The highest BCUT2D eigenvalue weighted by atomic mass is 32.2. The summed E-state index contributed by atoms with van der Waals surface area (Å²) in [6, 6.07) is 23.0. The van der Waals surface area contributed by atoms with Crippen molar-refractivity contribution in [2.24, 2.45) is 0 Å². The average molecular weight is 600 g/mol. The number of benzene rings is 2. The quantitative estimate of drug-likeness (QED) is 0.218. The molecule has 0 amide bonds. The zero-order valence-electron chi connectivity index (χ0n) is 22.0. The van der Waals surface area contributed by atoms with E-state index < -0.39 is 22.2 Å². The summed E-state index contributed by atoms with van der Waals surface area (Å²) < 4.78 is 61.2. The van der Waals surface area contributed by atoms with Crippen LogP contribution in [0.15, 0.2) is 83.9 Å². The Hall–Kier alpha value is -4.29. The molecule has 3 aromatic heterocycles. The van der Waals surface area contributed by atoms with Crippen LogP contribution in [0.3, 0.4) is 0 Å². The minimum absolute atomic E-state index is 0.110. The molecule has 5 rings (SSSR count). The number of halogens is 3. The molecule has 5 aromatic rings. The van der Waals surface area contributed by atoms with Crippen molar-refractivity contribution < 1.29 is 31.5 Å². The Bertz CT molecular complexity index is 1820. The summed E-state index contributed by atoms with van der Waals surface area (Å²) in [5.41, 5.74) is 6.12. The second-order valence-electron chi connectivity index (χ2n) is 9.05. The van der Waals surface area contributed by atoms with Crippen LogP contribution in [0.2, 0.25) is 0 Å². The summed E-state index contributed by atoms with van der Waals surface area (Å²) in [4.78, 5) is 20.0. The van der Waals surface area contributed by atoms with E-state index in [0.29, 0.717) is 5.69 Å². The summed E-state index contributed by atoms with van der Waals surface area (Å²) >= 11 is 1.57. The molecule has 2 N–H and O–H groups in total. The van der Waals surface area contributed by atoms with Crippen LogP contribution in [0, 0.1) is 20.8 Å². The van der Waals surface area contributed by atoms with Crippen LogP contribution in [0.25, 0.3) is 32.6 Å². The Morgan fingerprint density at radius 1 is 0.927 bits per heavy atom. The summed E-state index contributed by atoms with van der Waals surface area (Å²) in [7, 11) is -3.85. The standard InChI is InChI=1S/C27H23N3O2S2.C2HF3O2/c1-17-8-7-11-21(14-17)25-19(3)33-27-26(25)24(15-18(2)29-27)30-34(31,32)22-12-13-23(28-16-22)20-9-5-4-6-10-20;3-2(4,5)1(6)7/h4-16H,1-3H3,(H,29,30);(H,6,7). The van der Waals surface area contributed by atoms with Crippen LogP contribution in [0.5, 0.6) is 0 Å². The topological polar surface area (TPSA) is 109 Å². The normalized spacial score (nSPS) is 11.6. The summed E-state index contributed by atoms with van der Waals surface area (Å²) in [6.07, 6.45) is -3.68. The van der Waals surface area contributed by atoms with E-state index in [-0.39, 0.29) is 4.90 Å². The average Bonchev–Trinajstić information content (AvgIpc) is 3.24. The zero-order valence-corrected chi connectivity index (χ0v) is 23.7. The number of carboxylic acid groups (broad SMARTS) is 1. The third-order valence-electron chi connectivity index (χ3n) is 5.88. The largest absolute Gasteiger partial charge is 0.490 e. The van der Waals surface area contributed by atoms with Gasteiger partial charge < -0.3 is 5.11 Å². The van der Waals surface area contributed by atoms with Crippen molar-refractivity contribution in [2.75, 3.05) is 4.72 Å². The SMILES string of the molecule is Cc1cccc(-c2c(C)sc3nc(C)cc(NS(=O)(=O)c4ccc(-c5ccccc5)nc4)c23)c1.O=C(O)C(F)(F)F. The van der Waals surface area contributed by atoms with E-state index in [1.54, 1.807) is 29.5 Å². The van der Waals surface area contributed by atoms with E-state index in [1.165, 1.54) is 6.20 Å². The summed E-state index contributed by atoms with van der Waals surface area (Å²) in [6.45, 7) is 5.96. The molecule has 0 bridgehead atoms. The lowest BCUT2D eigenvalue weighted by Gasteiger charge is -2.12. The molecule has 3 heterocycles. The van der Waals surface area contributed by atoms with E-state index in [4.69, 9.17) is 9.90 Å². The molecule has 0 spiro atoms. The zero-order chi connectivity index (χ0) is 29.9. The highest BCUT2D eigenvalue weighted by molar-refractivity contribution is 7.92. The van der Waals surface area contributed by atoms with Crippen LogP contribution < -0.4 is 4.72 Å². The lowest BCUT2D eigenvalue weighted by atomic mass is 10.0. The van der Waals surface area contributed by atoms with Gasteiger partial charge in [0.1, 0.15) is 9.73 Å². The number of sulfonamides is 1. The fraction of sp³-hybridized carbons (Fsp3) is 0.138. The van der Waals surface area contributed by atoms with Gasteiger partial charge in [0.15, 0.2) is 0 Å². The molecule has 41 heavy (non-hydrogen) atoms. The van der Waals surface area contributed by atoms with Crippen LogP contribution in [-0.4, -0.2) is 35.6 Å². The Morgan fingerprint density at radius 3 is 2.17 bits per heavy atom. The number of aryl methyl sites for hydroxylation is 3. The first-order valence-electron chi connectivity index (χ1n) is 12.1. The molecule has 0 radical (unpaired) electrons. The van der Waals surface area contributed by atoms with E-state index in [0.717, 1.165) is 48.7 Å². The second-order valence-corrected chi connectivity index (χ2v) is 11.9. The number of hydrogen-bond donors (Lipinski definition) is 2. The number of fused-ring (bicyclic) bond motifs is 1. The van der Waals surface area contributed by atoms with Crippen molar-refractivity contribution in [3.63, 3.8) is 0 Å². The minimum atomic E-state index is -5.08. The molecule has 0 unspecified atom stereocenters. The molecule has 212 valence electrons. The summed E-state index contributed by atoms with van der Waals surface area (Å²) in [5.74, 6) is -2.76. The maximum absolute atomic E-state index is 13.3. The fourth-order valence-electron chi connectivity index (χ4n) is 4.08. The molecule has 0 aliphatic heterocycles. The van der Waals surface area contributed by atoms with Gasteiger partial charge in [-0.05, 0) is 44.5 Å². The first-order chi connectivity index (χ1) is 19.3. The molecule has 0 atom stereocenters. The Kier molecular flexibility index (Phi) is 8.45. The van der Waals surface area contributed by atoms with Gasteiger partial charge in [-0.1, -0.05) is 60.2 Å². The fourth-order valence-corrected chi connectivity index (χ4v) is 6.21. The number of pyridine rings is 2. The number of nitrogens with one attached hydrogen (secondary N) is 1. The molecule has 0 aliphatic carbocycles. The van der Waals surface area contributed by atoms with Crippen molar-refractivity contribution in [1.29, 1.82) is 0 Å². The number of thiophene rings is 1. The molecule has 0 saturated carbocycles. The van der Waals surface area contributed by atoms with Crippen molar-refractivity contribution in [3.8, 4) is 22.4 Å². The number of carboxylic acids is 1. The van der Waals surface area contributed by atoms with Gasteiger partial charge in [0.05, 0.1) is 11.4 Å². The van der Waals surface area contributed by atoms with Gasteiger partial charge in [0.2, 0.25) is 0 Å². The summed E-state index contributed by atoms with van der Waals surface area (Å²) in [5, 5.41) is 7.94. The van der Waals surface area contributed by atoms with Crippen LogP contribution in [0.1, 0.15) is 16.1 Å². The molecule has 0 fully saturated rings. The van der Waals surface area contributed by atoms with Crippen molar-refractivity contribution in [2.45, 2.75) is 31.8 Å². The number of hydrogen-bond acceptors (Lipinski definition) is 6. The number of aromatic nitrogens is 2. The molecule has 2 aromatic carbocycles. The Morgan fingerprint density at radius 2 is 1.59 bits per heavy atom. The van der Waals surface area contributed by atoms with Gasteiger partial charge >= 0.3 is 12.1 Å². The van der Waals surface area contributed by atoms with Gasteiger partial charge in [0.25, 0.3) is 10.0 Å². The number of anilines is 1. The third-order valence-corrected chi connectivity index (χ3v) is 8.23. The van der Waals surface area contributed by atoms with E-state index >= 15 is 0 Å². The minimum Gasteiger partial charge on any atom is -0.475 e. The van der Waals surface area contributed by atoms with Crippen molar-refractivity contribution >= 4 is 43.2 Å². The predicted molar refractivity (Wildman–Crippen MR) is 153 cm³/mol. The monoisotopic (exact) mass is 599 g/mol. The third kappa shape index (κ3) is 6.90. The molecule has 12 heteroatoms. The molecule has 7 nitrogen and oxygen atoms in total. The van der Waals surface area contributed by atoms with Crippen molar-refractivity contribution in [3.05, 3.63) is 95.1 Å². The van der Waals surface area contributed by atoms with Crippen molar-refractivity contribution in [1.82, 2.24) is 9.97 Å². The Labute approximate surface area is 238 Å². The highest BCUT2D eigenvalue weighted by Gasteiger charge is 2.38. The maximum Gasteiger partial charge on any atom is 0.490 e. The van der Waals surface area contributed by atoms with Gasteiger partial charge in [-0.25, -0.2) is 18.2 Å². The Balaban J connectivity index is 0.000000493. The smallest absolute Gasteiger partial charge is 0.475 e. The van der Waals surface area contributed by atoms with E-state index in [9.17, 15) is 21.6 Å². The van der Waals surface area contributed by atoms with E-state index in [1.807, 2.05) is 69.3 Å². The number of alkyl halides is 3. The van der Waals surface area contributed by atoms with E-state index in [2.05, 4.69) is 20.8 Å². The second kappa shape index (κ2) is 11.7. The maximum atomic E-state index is 13.3. The predicted octanol–water partition coefficient (Wildman–Crippen LogP) is 7.38. The number of nitrogens with zero attached hydrogens (tertiary/aromatic N) is 2. The van der Waals surface area contributed by atoms with Crippen LogP contribution >= 0.6 is 11.3 Å². The first kappa shape index (κ1) is 29.7.